The minimum Gasteiger partial charge on any atom is -0.386 e. The highest BCUT2D eigenvalue weighted by molar-refractivity contribution is 5.30. The van der Waals surface area contributed by atoms with E-state index in [0.717, 1.165) is 24.8 Å². The van der Waals surface area contributed by atoms with Gasteiger partial charge in [-0.15, -0.1) is 0 Å². The van der Waals surface area contributed by atoms with Crippen molar-refractivity contribution in [2.24, 2.45) is 0 Å². The highest BCUT2D eigenvalue weighted by atomic mass is 16.3. The Morgan fingerprint density at radius 3 is 3.00 bits per heavy atom. The predicted octanol–water partition coefficient (Wildman–Crippen LogP) is 1.89. The SMILES string of the molecule is OC1c2ccccc2CCCC1n1cncn1. The molecule has 1 N–H and O–H groups in total. The highest BCUT2D eigenvalue weighted by Gasteiger charge is 2.27. The number of nitrogens with zero attached hydrogens (tertiary/aromatic N) is 3. The van der Waals surface area contributed by atoms with Crippen LogP contribution in [0.3, 0.4) is 0 Å². The molecule has 1 aromatic heterocycles. The monoisotopic (exact) mass is 229 g/mol. The van der Waals surface area contributed by atoms with Crippen LogP contribution in [0.2, 0.25) is 0 Å². The minimum absolute atomic E-state index is 0.00106. The molecule has 1 heterocycles. The summed E-state index contributed by atoms with van der Waals surface area (Å²) in [5, 5.41) is 14.6. The maximum absolute atomic E-state index is 10.5. The zero-order valence-electron chi connectivity index (χ0n) is 9.53. The lowest BCUT2D eigenvalue weighted by Gasteiger charge is -2.21. The Morgan fingerprint density at radius 1 is 1.29 bits per heavy atom. The molecule has 1 aliphatic carbocycles. The van der Waals surface area contributed by atoms with Gasteiger partial charge in [-0.1, -0.05) is 24.3 Å². The van der Waals surface area contributed by atoms with E-state index in [4.69, 9.17) is 0 Å². The van der Waals surface area contributed by atoms with Crippen LogP contribution in [0.15, 0.2) is 36.9 Å². The van der Waals surface area contributed by atoms with Crippen LogP contribution in [-0.4, -0.2) is 19.9 Å². The van der Waals surface area contributed by atoms with E-state index >= 15 is 0 Å². The zero-order valence-corrected chi connectivity index (χ0v) is 9.53. The van der Waals surface area contributed by atoms with Gasteiger partial charge in [0.25, 0.3) is 0 Å². The van der Waals surface area contributed by atoms with Crippen LogP contribution in [0.4, 0.5) is 0 Å². The molecule has 0 bridgehead atoms. The summed E-state index contributed by atoms with van der Waals surface area (Å²) in [6, 6.07) is 8.12. The van der Waals surface area contributed by atoms with E-state index in [1.807, 2.05) is 18.2 Å². The standard InChI is InChI=1S/C13H15N3O/c17-13-11-6-2-1-4-10(11)5-3-7-12(13)16-9-14-8-15-16/h1-2,4,6,8-9,12-13,17H,3,5,7H2. The Labute approximate surface area is 99.9 Å². The van der Waals surface area contributed by atoms with Gasteiger partial charge in [0.05, 0.1) is 6.04 Å². The molecule has 2 aromatic rings. The van der Waals surface area contributed by atoms with Crippen molar-refractivity contribution in [1.29, 1.82) is 0 Å². The second kappa shape index (κ2) is 4.30. The van der Waals surface area contributed by atoms with E-state index in [1.165, 1.54) is 11.9 Å². The second-order valence-electron chi connectivity index (χ2n) is 4.48. The molecule has 3 rings (SSSR count). The normalized spacial score (nSPS) is 24.1. The van der Waals surface area contributed by atoms with Gasteiger partial charge in [-0.05, 0) is 30.4 Å². The number of hydrogen-bond donors (Lipinski definition) is 1. The molecule has 2 unspecified atom stereocenters. The first-order valence-corrected chi connectivity index (χ1v) is 5.96. The Bertz CT molecular complexity index is 495. The molecular formula is C13H15N3O. The number of hydrogen-bond acceptors (Lipinski definition) is 3. The number of fused-ring (bicyclic) bond motifs is 1. The maximum Gasteiger partial charge on any atom is 0.137 e. The fourth-order valence-electron chi connectivity index (χ4n) is 2.58. The molecule has 0 aliphatic heterocycles. The molecule has 1 aliphatic rings. The number of aromatic nitrogens is 3. The lowest BCUT2D eigenvalue weighted by molar-refractivity contribution is 0.103. The molecule has 1 aromatic carbocycles. The van der Waals surface area contributed by atoms with Crippen LogP contribution < -0.4 is 0 Å². The third kappa shape index (κ3) is 1.85. The van der Waals surface area contributed by atoms with Crippen LogP contribution in [0.5, 0.6) is 0 Å². The summed E-state index contributed by atoms with van der Waals surface area (Å²) in [6.07, 6.45) is 5.73. The van der Waals surface area contributed by atoms with Crippen LogP contribution in [0, 0.1) is 0 Å². The van der Waals surface area contributed by atoms with Crippen molar-refractivity contribution in [2.45, 2.75) is 31.4 Å². The van der Waals surface area contributed by atoms with E-state index in [-0.39, 0.29) is 6.04 Å². The van der Waals surface area contributed by atoms with Gasteiger partial charge in [0.1, 0.15) is 18.8 Å². The lowest BCUT2D eigenvalue weighted by Crippen LogP contribution is -2.17. The summed E-state index contributed by atoms with van der Waals surface area (Å²) in [5.74, 6) is 0. The molecule has 17 heavy (non-hydrogen) atoms. The third-order valence-electron chi connectivity index (χ3n) is 3.46. The molecule has 4 nitrogen and oxygen atoms in total. The molecule has 0 saturated carbocycles. The van der Waals surface area contributed by atoms with Gasteiger partial charge in [-0.3, -0.25) is 0 Å². The first kappa shape index (κ1) is 10.5. The molecule has 88 valence electrons. The molecule has 4 heteroatoms. The molecular weight excluding hydrogens is 214 g/mol. The average molecular weight is 229 g/mol. The summed E-state index contributed by atoms with van der Waals surface area (Å²) in [6.45, 7) is 0. The zero-order chi connectivity index (χ0) is 11.7. The summed E-state index contributed by atoms with van der Waals surface area (Å²) in [5.41, 5.74) is 2.29. The number of aliphatic hydroxyl groups is 1. The number of aliphatic hydroxyl groups excluding tert-OH is 1. The molecule has 0 spiro atoms. The summed E-state index contributed by atoms with van der Waals surface area (Å²) in [7, 11) is 0. The number of benzene rings is 1. The van der Waals surface area contributed by atoms with Crippen LogP contribution in [0.1, 0.15) is 36.1 Å². The highest BCUT2D eigenvalue weighted by Crippen LogP contribution is 2.35. The van der Waals surface area contributed by atoms with Crippen LogP contribution in [-0.2, 0) is 6.42 Å². The van der Waals surface area contributed by atoms with Crippen molar-refractivity contribution in [3.8, 4) is 0 Å². The van der Waals surface area contributed by atoms with E-state index < -0.39 is 6.10 Å². The fraction of sp³-hybridized carbons (Fsp3) is 0.385. The third-order valence-corrected chi connectivity index (χ3v) is 3.46. The summed E-state index contributed by atoms with van der Waals surface area (Å²) in [4.78, 5) is 3.96. The Hall–Kier alpha value is -1.68. The number of aryl methyl sites for hydroxylation is 1. The van der Waals surface area contributed by atoms with Crippen LogP contribution in [0.25, 0.3) is 0 Å². The fourth-order valence-corrected chi connectivity index (χ4v) is 2.58. The first-order chi connectivity index (χ1) is 8.36. The lowest BCUT2D eigenvalue weighted by atomic mass is 9.99. The van der Waals surface area contributed by atoms with E-state index in [2.05, 4.69) is 16.1 Å². The van der Waals surface area contributed by atoms with E-state index in [0.29, 0.717) is 0 Å². The molecule has 2 atom stereocenters. The van der Waals surface area contributed by atoms with Gasteiger partial charge in [-0.2, -0.15) is 5.10 Å². The largest absolute Gasteiger partial charge is 0.386 e. The molecule has 0 fully saturated rings. The second-order valence-corrected chi connectivity index (χ2v) is 4.48. The molecule has 0 radical (unpaired) electrons. The van der Waals surface area contributed by atoms with Crippen molar-refractivity contribution in [1.82, 2.24) is 14.8 Å². The Balaban J connectivity index is 2.00. The van der Waals surface area contributed by atoms with E-state index in [1.54, 1.807) is 11.0 Å². The quantitative estimate of drug-likeness (QED) is 0.760. The van der Waals surface area contributed by atoms with E-state index in [9.17, 15) is 5.11 Å². The summed E-state index contributed by atoms with van der Waals surface area (Å²) >= 11 is 0. The van der Waals surface area contributed by atoms with Crippen molar-refractivity contribution < 1.29 is 5.11 Å². The maximum atomic E-state index is 10.5. The van der Waals surface area contributed by atoms with Crippen molar-refractivity contribution >= 4 is 0 Å². The van der Waals surface area contributed by atoms with Gasteiger partial charge in [0, 0.05) is 0 Å². The molecule has 0 saturated heterocycles. The van der Waals surface area contributed by atoms with Gasteiger partial charge < -0.3 is 5.11 Å². The van der Waals surface area contributed by atoms with Crippen molar-refractivity contribution in [3.05, 3.63) is 48.0 Å². The predicted molar refractivity (Wildman–Crippen MR) is 63.4 cm³/mol. The van der Waals surface area contributed by atoms with Gasteiger partial charge in [0.15, 0.2) is 0 Å². The Kier molecular flexibility index (Phi) is 2.65. The molecule has 0 amide bonds. The van der Waals surface area contributed by atoms with Gasteiger partial charge >= 0.3 is 0 Å². The van der Waals surface area contributed by atoms with Gasteiger partial charge in [0.2, 0.25) is 0 Å². The van der Waals surface area contributed by atoms with Crippen LogP contribution >= 0.6 is 0 Å². The smallest absolute Gasteiger partial charge is 0.137 e. The summed E-state index contributed by atoms with van der Waals surface area (Å²) < 4.78 is 1.77. The van der Waals surface area contributed by atoms with Gasteiger partial charge in [-0.25, -0.2) is 9.67 Å². The van der Waals surface area contributed by atoms with Crippen molar-refractivity contribution in [3.63, 3.8) is 0 Å². The van der Waals surface area contributed by atoms with Crippen molar-refractivity contribution in [2.75, 3.05) is 0 Å². The average Bonchev–Trinajstić information content (AvgIpc) is 2.83. The minimum atomic E-state index is -0.490. The first-order valence-electron chi connectivity index (χ1n) is 5.96. The number of rotatable bonds is 1. The topological polar surface area (TPSA) is 50.9 Å². The Morgan fingerprint density at radius 2 is 2.18 bits per heavy atom.